The molecule has 2 rings (SSSR count). The van der Waals surface area contributed by atoms with E-state index < -0.39 is 0 Å². The zero-order chi connectivity index (χ0) is 7.52. The van der Waals surface area contributed by atoms with Gasteiger partial charge >= 0.3 is 0 Å². The third kappa shape index (κ3) is 1.19. The molecule has 1 aliphatic heterocycles. The minimum atomic E-state index is -0.0463. The molecule has 0 bridgehead atoms. The Morgan fingerprint density at radius 3 is 2.91 bits per heavy atom. The largest absolute Gasteiger partial charge is 0.486 e. The van der Waals surface area contributed by atoms with Crippen molar-refractivity contribution in [3.63, 3.8) is 0 Å². The normalized spacial score (nSPS) is 21.6. The number of furan rings is 1. The molecule has 1 aromatic heterocycles. The third-order valence-corrected chi connectivity index (χ3v) is 1.52. The van der Waals surface area contributed by atoms with Gasteiger partial charge in [-0.25, -0.2) is 0 Å². The maximum Gasteiger partial charge on any atom is 0.174 e. The Labute approximate surface area is 64.8 Å². The SMILES string of the molecule is C1=CO[C@@H](c2ccco2)C=C1. The Hall–Kier alpha value is -1.44. The number of ether oxygens (including phenoxy) is 1. The molecule has 0 saturated heterocycles. The lowest BCUT2D eigenvalue weighted by Gasteiger charge is -2.11. The molecule has 0 radical (unpaired) electrons. The molecule has 0 saturated carbocycles. The monoisotopic (exact) mass is 148 g/mol. The maximum atomic E-state index is 5.26. The second-order valence-electron chi connectivity index (χ2n) is 2.29. The van der Waals surface area contributed by atoms with E-state index in [9.17, 15) is 0 Å². The molecule has 0 N–H and O–H groups in total. The molecule has 11 heavy (non-hydrogen) atoms. The molecule has 1 aromatic rings. The highest BCUT2D eigenvalue weighted by molar-refractivity contribution is 5.15. The predicted octanol–water partition coefficient (Wildman–Crippen LogP) is 2.42. The van der Waals surface area contributed by atoms with E-state index in [0.29, 0.717) is 0 Å². The van der Waals surface area contributed by atoms with Crippen molar-refractivity contribution in [2.45, 2.75) is 6.10 Å². The summed E-state index contributed by atoms with van der Waals surface area (Å²) in [5, 5.41) is 0. The molecule has 2 nitrogen and oxygen atoms in total. The smallest absolute Gasteiger partial charge is 0.174 e. The molecule has 1 aliphatic rings. The zero-order valence-corrected chi connectivity index (χ0v) is 5.94. The van der Waals surface area contributed by atoms with Crippen LogP contribution in [0.15, 0.2) is 47.3 Å². The molecule has 0 fully saturated rings. The molecular weight excluding hydrogens is 140 g/mol. The van der Waals surface area contributed by atoms with Crippen molar-refractivity contribution in [3.8, 4) is 0 Å². The topological polar surface area (TPSA) is 22.4 Å². The third-order valence-electron chi connectivity index (χ3n) is 1.52. The van der Waals surface area contributed by atoms with Crippen molar-refractivity contribution in [2.24, 2.45) is 0 Å². The van der Waals surface area contributed by atoms with Crippen molar-refractivity contribution in [3.05, 3.63) is 48.6 Å². The lowest BCUT2D eigenvalue weighted by Crippen LogP contribution is -1.96. The van der Waals surface area contributed by atoms with Gasteiger partial charge in [0, 0.05) is 0 Å². The summed E-state index contributed by atoms with van der Waals surface area (Å²) < 4.78 is 10.4. The van der Waals surface area contributed by atoms with Crippen LogP contribution in [0.1, 0.15) is 11.9 Å². The van der Waals surface area contributed by atoms with E-state index >= 15 is 0 Å². The predicted molar refractivity (Wildman–Crippen MR) is 40.8 cm³/mol. The first-order valence-corrected chi connectivity index (χ1v) is 3.49. The highest BCUT2D eigenvalue weighted by Gasteiger charge is 2.10. The Morgan fingerprint density at radius 2 is 2.27 bits per heavy atom. The molecule has 0 unspecified atom stereocenters. The number of allylic oxidation sites excluding steroid dienone is 2. The van der Waals surface area contributed by atoms with Crippen LogP contribution in [0.4, 0.5) is 0 Å². The van der Waals surface area contributed by atoms with Crippen LogP contribution in [0.5, 0.6) is 0 Å². The van der Waals surface area contributed by atoms with Crippen LogP contribution in [0.2, 0.25) is 0 Å². The maximum absolute atomic E-state index is 5.26. The molecule has 2 heterocycles. The Kier molecular flexibility index (Phi) is 1.52. The van der Waals surface area contributed by atoms with E-state index in [4.69, 9.17) is 9.15 Å². The van der Waals surface area contributed by atoms with E-state index in [1.165, 1.54) is 0 Å². The fourth-order valence-electron chi connectivity index (χ4n) is 1.00. The molecule has 1 atom stereocenters. The minimum Gasteiger partial charge on any atom is -0.486 e. The summed E-state index contributed by atoms with van der Waals surface area (Å²) in [5.41, 5.74) is 0. The highest BCUT2D eigenvalue weighted by atomic mass is 16.5. The summed E-state index contributed by atoms with van der Waals surface area (Å²) in [6.45, 7) is 0. The van der Waals surface area contributed by atoms with E-state index in [-0.39, 0.29) is 6.10 Å². The van der Waals surface area contributed by atoms with Gasteiger partial charge in [-0.3, -0.25) is 0 Å². The molecule has 56 valence electrons. The molecule has 0 aliphatic carbocycles. The molecular formula is C9H8O2. The van der Waals surface area contributed by atoms with Crippen LogP contribution in [0.3, 0.4) is 0 Å². The van der Waals surface area contributed by atoms with Crippen molar-refractivity contribution in [1.82, 2.24) is 0 Å². The number of hydrogen-bond acceptors (Lipinski definition) is 2. The van der Waals surface area contributed by atoms with Crippen LogP contribution in [0, 0.1) is 0 Å². The quantitative estimate of drug-likeness (QED) is 0.610. The highest BCUT2D eigenvalue weighted by Crippen LogP contribution is 2.21. The average Bonchev–Trinajstić information content (AvgIpc) is 2.58. The van der Waals surface area contributed by atoms with Gasteiger partial charge in [0.2, 0.25) is 0 Å². The van der Waals surface area contributed by atoms with E-state index in [1.54, 1.807) is 12.5 Å². The fraction of sp³-hybridized carbons (Fsp3) is 0.111. The lowest BCUT2D eigenvalue weighted by atomic mass is 10.2. The van der Waals surface area contributed by atoms with E-state index in [2.05, 4.69) is 0 Å². The molecule has 0 spiro atoms. The van der Waals surface area contributed by atoms with Gasteiger partial charge < -0.3 is 9.15 Å². The van der Waals surface area contributed by atoms with Gasteiger partial charge in [-0.05, 0) is 24.3 Å². The van der Waals surface area contributed by atoms with Crippen LogP contribution < -0.4 is 0 Å². The lowest BCUT2D eigenvalue weighted by molar-refractivity contribution is 0.161. The van der Waals surface area contributed by atoms with Crippen molar-refractivity contribution < 1.29 is 9.15 Å². The summed E-state index contributed by atoms with van der Waals surface area (Å²) >= 11 is 0. The summed E-state index contributed by atoms with van der Waals surface area (Å²) in [5.74, 6) is 0.839. The standard InChI is InChI=1S/C9H8O2/c1-2-6-10-8(4-1)9-5-3-7-11-9/h1-8H/t8-/m1/s1. The Bertz CT molecular complexity index is 270. The molecule has 2 heteroatoms. The zero-order valence-electron chi connectivity index (χ0n) is 5.94. The van der Waals surface area contributed by atoms with Crippen LogP contribution in [-0.4, -0.2) is 0 Å². The van der Waals surface area contributed by atoms with Gasteiger partial charge in [0.15, 0.2) is 6.10 Å². The second-order valence-corrected chi connectivity index (χ2v) is 2.29. The first-order chi connectivity index (χ1) is 5.47. The van der Waals surface area contributed by atoms with Crippen LogP contribution in [0.25, 0.3) is 0 Å². The Morgan fingerprint density at radius 1 is 1.27 bits per heavy atom. The van der Waals surface area contributed by atoms with E-state index in [1.807, 2.05) is 30.4 Å². The van der Waals surface area contributed by atoms with Crippen LogP contribution in [-0.2, 0) is 4.74 Å². The Balaban J connectivity index is 2.19. The fourth-order valence-corrected chi connectivity index (χ4v) is 1.00. The summed E-state index contributed by atoms with van der Waals surface area (Å²) in [4.78, 5) is 0. The summed E-state index contributed by atoms with van der Waals surface area (Å²) in [7, 11) is 0. The average molecular weight is 148 g/mol. The second kappa shape index (κ2) is 2.66. The van der Waals surface area contributed by atoms with Crippen molar-refractivity contribution in [1.29, 1.82) is 0 Å². The van der Waals surface area contributed by atoms with Gasteiger partial charge in [0.1, 0.15) is 5.76 Å². The number of rotatable bonds is 1. The minimum absolute atomic E-state index is 0.0463. The summed E-state index contributed by atoms with van der Waals surface area (Å²) in [6, 6.07) is 3.75. The first-order valence-electron chi connectivity index (χ1n) is 3.49. The first kappa shape index (κ1) is 6.28. The van der Waals surface area contributed by atoms with Gasteiger partial charge in [-0.1, -0.05) is 6.08 Å². The number of hydrogen-bond donors (Lipinski definition) is 0. The van der Waals surface area contributed by atoms with Gasteiger partial charge in [0.05, 0.1) is 12.5 Å². The van der Waals surface area contributed by atoms with Crippen molar-refractivity contribution >= 4 is 0 Å². The van der Waals surface area contributed by atoms with Crippen LogP contribution >= 0.6 is 0 Å². The molecule has 0 amide bonds. The summed E-state index contributed by atoms with van der Waals surface area (Å²) in [6.07, 6.45) is 8.99. The van der Waals surface area contributed by atoms with E-state index in [0.717, 1.165) is 5.76 Å². The van der Waals surface area contributed by atoms with Gasteiger partial charge in [-0.2, -0.15) is 0 Å². The molecule has 0 aromatic carbocycles. The van der Waals surface area contributed by atoms with Gasteiger partial charge in [-0.15, -0.1) is 0 Å². The van der Waals surface area contributed by atoms with Crippen molar-refractivity contribution in [2.75, 3.05) is 0 Å². The van der Waals surface area contributed by atoms with Gasteiger partial charge in [0.25, 0.3) is 0 Å².